The maximum atomic E-state index is 12.0. The first-order chi connectivity index (χ1) is 19.7. The normalized spacial score (nSPS) is 12.4. The number of carbonyl (C=O) groups is 4. The molecule has 0 bridgehead atoms. The van der Waals surface area contributed by atoms with Gasteiger partial charge in [0, 0.05) is 32.7 Å². The Hall–Kier alpha value is -0.650. The van der Waals surface area contributed by atoms with E-state index in [2.05, 4.69) is 0 Å². The van der Waals surface area contributed by atoms with Crippen LogP contribution < -0.4 is 104 Å². The predicted molar refractivity (Wildman–Crippen MR) is 142 cm³/mol. The minimum absolute atomic E-state index is 0. The summed E-state index contributed by atoms with van der Waals surface area (Å²) < 4.78 is 11.9. The van der Waals surface area contributed by atoms with Crippen molar-refractivity contribution in [2.24, 2.45) is 0 Å². The number of nitrogens with zero attached hydrogens (tertiary/aromatic N) is 3. The fourth-order valence-electron chi connectivity index (χ4n) is 4.48. The van der Waals surface area contributed by atoms with Crippen LogP contribution in [0.5, 0.6) is 0 Å². The third kappa shape index (κ3) is 19.1. The molecule has 0 aliphatic rings. The van der Waals surface area contributed by atoms with Crippen LogP contribution in [0.2, 0.25) is 0 Å². The van der Waals surface area contributed by atoms with Gasteiger partial charge >= 0.3 is 102 Å². The van der Waals surface area contributed by atoms with Crippen molar-refractivity contribution >= 4 is 31.5 Å². The summed E-state index contributed by atoms with van der Waals surface area (Å²) in [5, 5.41) is 44.8. The average molecular weight is 676 g/mol. The number of hydrogen-bond donors (Lipinski definition) is 3. The van der Waals surface area contributed by atoms with Crippen LogP contribution >= 0.6 is 7.60 Å². The van der Waals surface area contributed by atoms with Gasteiger partial charge in [0.25, 0.3) is 0 Å². The van der Waals surface area contributed by atoms with Crippen LogP contribution in [-0.4, -0.2) is 111 Å². The summed E-state index contributed by atoms with van der Waals surface area (Å²) in [5.74, 6) is -6.03. The van der Waals surface area contributed by atoms with Crippen LogP contribution in [0.4, 0.5) is 0 Å². The van der Waals surface area contributed by atoms with Crippen molar-refractivity contribution < 1.29 is 143 Å². The fourth-order valence-corrected chi connectivity index (χ4v) is 5.28. The first-order valence-electron chi connectivity index (χ1n) is 12.9. The quantitative estimate of drug-likeness (QED) is 0.0876. The zero-order valence-corrected chi connectivity index (χ0v) is 32.6. The predicted octanol–water partition coefficient (Wildman–Crippen LogP) is -12.4. The Morgan fingerprint density at radius 1 is 0.667 bits per heavy atom. The Balaban J connectivity index is 0. The van der Waals surface area contributed by atoms with Gasteiger partial charge in [0.15, 0.2) is 0 Å². The van der Waals surface area contributed by atoms with Gasteiger partial charge in [-0.3, -0.25) is 24.1 Å². The third-order valence-corrected chi connectivity index (χ3v) is 7.20. The van der Waals surface area contributed by atoms with Crippen molar-refractivity contribution in [1.82, 2.24) is 14.7 Å². The van der Waals surface area contributed by atoms with E-state index in [0.29, 0.717) is 11.1 Å². The van der Waals surface area contributed by atoms with Crippen molar-refractivity contribution in [2.75, 3.05) is 45.6 Å². The van der Waals surface area contributed by atoms with Crippen molar-refractivity contribution in [3.63, 3.8) is 0 Å². The molecule has 2 rings (SSSR count). The number of aliphatic carboxylic acids is 4. The number of carbonyl (C=O) groups excluding carboxylic acids is 3. The Labute approximate surface area is 327 Å². The molecule has 0 amide bonds. The molecule has 14 nitrogen and oxygen atoms in total. The maximum Gasteiger partial charge on any atom is 1.00 e. The van der Waals surface area contributed by atoms with Crippen LogP contribution in [0, 0.1) is 0 Å². The molecule has 45 heavy (non-hydrogen) atoms. The summed E-state index contributed by atoms with van der Waals surface area (Å²) in [4.78, 5) is 69.5. The summed E-state index contributed by atoms with van der Waals surface area (Å²) >= 11 is 0. The third-order valence-electron chi connectivity index (χ3n) is 6.43. The molecule has 0 aliphatic carbocycles. The van der Waals surface area contributed by atoms with E-state index in [-0.39, 0.29) is 128 Å². The van der Waals surface area contributed by atoms with Gasteiger partial charge in [0.2, 0.25) is 0 Å². The molecule has 0 heterocycles. The van der Waals surface area contributed by atoms with Gasteiger partial charge in [-0.2, -0.15) is 0 Å². The number of benzene rings is 2. The van der Waals surface area contributed by atoms with E-state index >= 15 is 0 Å². The molecule has 0 aromatic heterocycles. The first kappa shape index (κ1) is 46.5. The molecule has 3 N–H and O–H groups in total. The van der Waals surface area contributed by atoms with E-state index in [1.54, 1.807) is 60.7 Å². The fraction of sp³-hybridized carbons (Fsp3) is 0.407. The molecule has 230 valence electrons. The van der Waals surface area contributed by atoms with E-state index in [4.69, 9.17) is 0 Å². The Bertz CT molecular complexity index is 1160. The molecule has 0 fully saturated rings. The summed E-state index contributed by atoms with van der Waals surface area (Å²) in [5.41, 5.74) is 1.18. The van der Waals surface area contributed by atoms with Gasteiger partial charge in [-0.05, 0) is 24.0 Å². The number of rotatable bonds is 20. The molecule has 0 saturated carbocycles. The molecule has 0 saturated heterocycles. The number of carboxylic acid groups (broad SMARTS) is 4. The zero-order chi connectivity index (χ0) is 31.3. The maximum absolute atomic E-state index is 12.0. The largest absolute Gasteiger partial charge is 1.00 e. The van der Waals surface area contributed by atoms with E-state index in [1.165, 1.54) is 4.90 Å². The molecular weight excluding hydrogens is 642 g/mol. The molecule has 0 spiro atoms. The molecule has 0 unspecified atom stereocenters. The summed E-state index contributed by atoms with van der Waals surface area (Å²) in [7, 11) is -4.71. The van der Waals surface area contributed by atoms with Crippen molar-refractivity contribution in [1.29, 1.82) is 0 Å². The van der Waals surface area contributed by atoms with E-state index in [9.17, 15) is 54.0 Å². The van der Waals surface area contributed by atoms with Gasteiger partial charge < -0.3 is 44.6 Å². The number of hydrogen-bond acceptors (Lipinski definition) is 11. The van der Waals surface area contributed by atoms with Crippen LogP contribution in [0.1, 0.15) is 11.1 Å². The minimum Gasteiger partial charge on any atom is -0.549 e. The number of carboxylic acids is 4. The SMILES string of the molecule is O=C([O-])CN(CCN(CCN(CC(=O)O)[C@@H](Cc1ccccc1)C(=O)[O-])CP(=O)(O)O)[C@@H](Cc1ccccc1)C(=O)[O-].[Na+].[Na+].[Na+]. The van der Waals surface area contributed by atoms with Crippen LogP contribution in [0.25, 0.3) is 0 Å². The van der Waals surface area contributed by atoms with E-state index in [1.807, 2.05) is 0 Å². The van der Waals surface area contributed by atoms with Gasteiger partial charge in [-0.25, -0.2) is 0 Å². The minimum atomic E-state index is -4.71. The smallest absolute Gasteiger partial charge is 0.549 e. The second-order valence-corrected chi connectivity index (χ2v) is 11.3. The zero-order valence-electron chi connectivity index (χ0n) is 25.7. The summed E-state index contributed by atoms with van der Waals surface area (Å²) in [6.45, 7) is -2.60. The molecule has 0 radical (unpaired) electrons. The summed E-state index contributed by atoms with van der Waals surface area (Å²) in [6.07, 6.45) is -1.05. The van der Waals surface area contributed by atoms with Crippen molar-refractivity contribution in [3.8, 4) is 0 Å². The van der Waals surface area contributed by atoms with Gasteiger partial charge in [0.05, 0.1) is 36.5 Å². The second-order valence-electron chi connectivity index (χ2n) is 9.68. The van der Waals surface area contributed by atoms with Crippen molar-refractivity contribution in [3.05, 3.63) is 71.8 Å². The topological polar surface area (TPSA) is 225 Å². The van der Waals surface area contributed by atoms with Crippen LogP contribution in [-0.2, 0) is 36.6 Å². The average Bonchev–Trinajstić information content (AvgIpc) is 2.90. The van der Waals surface area contributed by atoms with Gasteiger partial charge in [0.1, 0.15) is 6.29 Å². The van der Waals surface area contributed by atoms with Crippen molar-refractivity contribution in [2.45, 2.75) is 24.9 Å². The van der Waals surface area contributed by atoms with Gasteiger partial charge in [-0.15, -0.1) is 0 Å². The monoisotopic (exact) mass is 675 g/mol. The van der Waals surface area contributed by atoms with Crippen LogP contribution in [0.3, 0.4) is 0 Å². The standard InChI is InChI=1S/C27H36N3O11P.3Na/c31-24(32)17-29(22(26(35)36)15-20-7-3-1-4-8-20)13-11-28(19-42(39,40)41)12-14-30(18-25(33)34)23(27(37)38)16-21-9-5-2-6-10-21;;;/h1-10,22-23H,11-19H2,(H,31,32)(H,33,34)(H,35,36)(H,37,38)(H2,39,40,41);;;/q;3*+1/p-3/t22-,23-;;;/m0.../s1. The first-order valence-corrected chi connectivity index (χ1v) is 14.7. The molecule has 2 aromatic rings. The molecule has 0 aliphatic heterocycles. The second kappa shape index (κ2) is 23.6. The Kier molecular flexibility index (Phi) is 24.4. The van der Waals surface area contributed by atoms with E-state index in [0.717, 1.165) is 9.80 Å². The Morgan fingerprint density at radius 2 is 1.04 bits per heavy atom. The molecular formula is C27H33N3Na3O11P. The Morgan fingerprint density at radius 3 is 1.36 bits per heavy atom. The summed E-state index contributed by atoms with van der Waals surface area (Å²) in [6, 6.07) is 14.0. The van der Waals surface area contributed by atoms with Gasteiger partial charge in [-0.1, -0.05) is 60.7 Å². The van der Waals surface area contributed by atoms with Crippen LogP contribution in [0.15, 0.2) is 60.7 Å². The molecule has 2 atom stereocenters. The molecule has 2 aromatic carbocycles. The molecule has 18 heteroatoms. The van der Waals surface area contributed by atoms with E-state index < -0.39 is 62.9 Å².